The minimum atomic E-state index is -0.0326. The molecule has 5 nitrogen and oxygen atoms in total. The number of anilines is 1. The molecule has 3 aromatic rings. The second-order valence-corrected chi connectivity index (χ2v) is 5.50. The van der Waals surface area contributed by atoms with Crippen molar-refractivity contribution in [1.29, 1.82) is 0 Å². The molecule has 0 saturated heterocycles. The molecule has 0 bridgehead atoms. The number of aromatic nitrogens is 3. The van der Waals surface area contributed by atoms with E-state index in [2.05, 4.69) is 29.2 Å². The number of rotatable bonds is 5. The number of carbonyl (C=O) groups is 1. The van der Waals surface area contributed by atoms with Crippen LogP contribution < -0.4 is 5.32 Å². The monoisotopic (exact) mass is 296 g/mol. The first-order chi connectivity index (χ1) is 10.7. The fourth-order valence-electron chi connectivity index (χ4n) is 2.58. The molecule has 2 aromatic heterocycles. The molecule has 2 heterocycles. The van der Waals surface area contributed by atoms with E-state index < -0.39 is 0 Å². The van der Waals surface area contributed by atoms with E-state index >= 15 is 0 Å². The summed E-state index contributed by atoms with van der Waals surface area (Å²) in [4.78, 5) is 15.5. The highest BCUT2D eigenvalue weighted by molar-refractivity contribution is 5.95. The summed E-state index contributed by atoms with van der Waals surface area (Å²) in [6.45, 7) is 4.19. The summed E-state index contributed by atoms with van der Waals surface area (Å²) in [7, 11) is 0. The van der Waals surface area contributed by atoms with Gasteiger partial charge < -0.3 is 10.3 Å². The van der Waals surface area contributed by atoms with E-state index in [1.54, 1.807) is 6.20 Å². The van der Waals surface area contributed by atoms with E-state index in [0.29, 0.717) is 6.42 Å². The summed E-state index contributed by atoms with van der Waals surface area (Å²) in [6.07, 6.45) is 4.92. The molecule has 1 amide bonds. The number of nitrogens with one attached hydrogen (secondary N) is 2. The molecule has 5 heteroatoms. The Bertz CT molecular complexity index is 787. The number of carbonyl (C=O) groups excluding carboxylic acids is 1. The Morgan fingerprint density at radius 1 is 1.36 bits per heavy atom. The highest BCUT2D eigenvalue weighted by Gasteiger charge is 2.13. The second kappa shape index (κ2) is 6.05. The van der Waals surface area contributed by atoms with Crippen LogP contribution in [0.15, 0.2) is 42.7 Å². The van der Waals surface area contributed by atoms with Crippen LogP contribution in [0.1, 0.15) is 31.9 Å². The zero-order valence-electron chi connectivity index (χ0n) is 12.8. The van der Waals surface area contributed by atoms with Crippen molar-refractivity contribution in [1.82, 2.24) is 14.8 Å². The largest absolute Gasteiger partial charge is 0.361 e. The Kier molecular flexibility index (Phi) is 3.96. The van der Waals surface area contributed by atoms with Crippen LogP contribution in [0.5, 0.6) is 0 Å². The third kappa shape index (κ3) is 2.74. The summed E-state index contributed by atoms with van der Waals surface area (Å²) in [5, 5.41) is 8.33. The maximum Gasteiger partial charge on any atom is 0.230 e. The van der Waals surface area contributed by atoms with Gasteiger partial charge in [0.05, 0.1) is 18.7 Å². The van der Waals surface area contributed by atoms with Crippen molar-refractivity contribution >= 4 is 22.6 Å². The first-order valence-electron chi connectivity index (χ1n) is 7.57. The van der Waals surface area contributed by atoms with E-state index in [0.717, 1.165) is 28.7 Å². The van der Waals surface area contributed by atoms with Gasteiger partial charge in [-0.2, -0.15) is 5.10 Å². The number of aromatic amines is 1. The van der Waals surface area contributed by atoms with Gasteiger partial charge in [-0.25, -0.2) is 4.68 Å². The highest BCUT2D eigenvalue weighted by Crippen LogP contribution is 2.20. The second-order valence-electron chi connectivity index (χ2n) is 5.50. The van der Waals surface area contributed by atoms with Crippen molar-refractivity contribution in [2.24, 2.45) is 0 Å². The topological polar surface area (TPSA) is 62.7 Å². The average Bonchev–Trinajstić information content (AvgIpc) is 3.14. The van der Waals surface area contributed by atoms with Crippen molar-refractivity contribution < 1.29 is 4.79 Å². The average molecular weight is 296 g/mol. The van der Waals surface area contributed by atoms with Crippen LogP contribution in [0.4, 0.5) is 5.82 Å². The number of benzene rings is 1. The van der Waals surface area contributed by atoms with Gasteiger partial charge in [0.15, 0.2) is 0 Å². The fraction of sp³-hybridized carbons (Fsp3) is 0.294. The number of nitrogens with zero attached hydrogens (tertiary/aromatic N) is 2. The van der Waals surface area contributed by atoms with Gasteiger partial charge in [-0.3, -0.25) is 4.79 Å². The van der Waals surface area contributed by atoms with Crippen molar-refractivity contribution in [2.45, 2.75) is 32.7 Å². The molecule has 114 valence electrons. The molecule has 0 aliphatic heterocycles. The van der Waals surface area contributed by atoms with Crippen molar-refractivity contribution in [2.75, 3.05) is 5.32 Å². The van der Waals surface area contributed by atoms with Crippen molar-refractivity contribution in [3.05, 3.63) is 48.3 Å². The maximum absolute atomic E-state index is 12.3. The third-order valence-corrected chi connectivity index (χ3v) is 3.97. The fourth-order valence-corrected chi connectivity index (χ4v) is 2.58. The summed E-state index contributed by atoms with van der Waals surface area (Å²) in [5.41, 5.74) is 2.05. The van der Waals surface area contributed by atoms with Gasteiger partial charge in [-0.1, -0.05) is 25.1 Å². The number of hydrogen-bond donors (Lipinski definition) is 2. The van der Waals surface area contributed by atoms with Crippen LogP contribution in [-0.2, 0) is 11.2 Å². The van der Waals surface area contributed by atoms with E-state index in [-0.39, 0.29) is 11.9 Å². The van der Waals surface area contributed by atoms with Gasteiger partial charge >= 0.3 is 0 Å². The summed E-state index contributed by atoms with van der Waals surface area (Å²) in [6, 6.07) is 10.1. The Hall–Kier alpha value is -2.56. The molecular formula is C17H20N4O. The number of amides is 1. The highest BCUT2D eigenvalue weighted by atomic mass is 16.1. The van der Waals surface area contributed by atoms with Gasteiger partial charge in [0.2, 0.25) is 5.91 Å². The Balaban J connectivity index is 1.74. The number of H-pyrrole nitrogens is 1. The lowest BCUT2D eigenvalue weighted by Gasteiger charge is -2.14. The van der Waals surface area contributed by atoms with Crippen LogP contribution in [0.2, 0.25) is 0 Å². The maximum atomic E-state index is 12.3. The van der Waals surface area contributed by atoms with Crippen LogP contribution in [-0.4, -0.2) is 20.7 Å². The molecule has 0 aliphatic carbocycles. The molecule has 0 spiro atoms. The minimum absolute atomic E-state index is 0.0326. The van der Waals surface area contributed by atoms with E-state index in [9.17, 15) is 4.79 Å². The van der Waals surface area contributed by atoms with Gasteiger partial charge in [-0.05, 0) is 25.0 Å². The van der Waals surface area contributed by atoms with Crippen molar-refractivity contribution in [3.8, 4) is 0 Å². The quantitative estimate of drug-likeness (QED) is 0.756. The molecule has 1 aromatic carbocycles. The van der Waals surface area contributed by atoms with Crippen LogP contribution in [0.3, 0.4) is 0 Å². The smallest absolute Gasteiger partial charge is 0.230 e. The molecule has 0 saturated carbocycles. The molecular weight excluding hydrogens is 276 g/mol. The Morgan fingerprint density at radius 3 is 3.00 bits per heavy atom. The SMILES string of the molecule is CCC(C)n1nccc1NC(=O)Cc1c[nH]c2ccccc12. The van der Waals surface area contributed by atoms with Crippen LogP contribution >= 0.6 is 0 Å². The van der Waals surface area contributed by atoms with E-state index in [1.165, 1.54) is 0 Å². The molecule has 1 atom stereocenters. The number of fused-ring (bicyclic) bond motifs is 1. The van der Waals surface area contributed by atoms with E-state index in [1.807, 2.05) is 41.2 Å². The normalized spacial score (nSPS) is 12.5. The Labute approximate surface area is 129 Å². The van der Waals surface area contributed by atoms with Crippen LogP contribution in [0.25, 0.3) is 10.9 Å². The van der Waals surface area contributed by atoms with Gasteiger partial charge in [0.1, 0.15) is 5.82 Å². The molecule has 2 N–H and O–H groups in total. The molecule has 0 fully saturated rings. The van der Waals surface area contributed by atoms with Crippen LogP contribution in [0, 0.1) is 0 Å². The standard InChI is InChI=1S/C17H20N4O/c1-3-12(2)21-16(8-9-19-21)20-17(22)10-13-11-18-15-7-5-4-6-14(13)15/h4-9,11-12,18H,3,10H2,1-2H3,(H,20,22). The zero-order chi connectivity index (χ0) is 15.5. The van der Waals surface area contributed by atoms with Gasteiger partial charge in [-0.15, -0.1) is 0 Å². The lowest BCUT2D eigenvalue weighted by atomic mass is 10.1. The molecule has 1 unspecified atom stereocenters. The summed E-state index contributed by atoms with van der Waals surface area (Å²) >= 11 is 0. The third-order valence-electron chi connectivity index (χ3n) is 3.97. The van der Waals surface area contributed by atoms with E-state index in [4.69, 9.17) is 0 Å². The van der Waals surface area contributed by atoms with Gasteiger partial charge in [0, 0.05) is 23.2 Å². The summed E-state index contributed by atoms with van der Waals surface area (Å²) < 4.78 is 1.85. The van der Waals surface area contributed by atoms with Crippen molar-refractivity contribution in [3.63, 3.8) is 0 Å². The first kappa shape index (κ1) is 14.4. The molecule has 0 aliphatic rings. The minimum Gasteiger partial charge on any atom is -0.361 e. The molecule has 0 radical (unpaired) electrons. The van der Waals surface area contributed by atoms with Gasteiger partial charge in [0.25, 0.3) is 0 Å². The zero-order valence-corrected chi connectivity index (χ0v) is 12.8. The molecule has 22 heavy (non-hydrogen) atoms. The Morgan fingerprint density at radius 2 is 2.18 bits per heavy atom. The number of para-hydroxylation sites is 1. The lowest BCUT2D eigenvalue weighted by molar-refractivity contribution is -0.115. The summed E-state index contributed by atoms with van der Waals surface area (Å²) in [5.74, 6) is 0.717. The first-order valence-corrected chi connectivity index (χ1v) is 7.57. The number of hydrogen-bond acceptors (Lipinski definition) is 2. The predicted molar refractivity (Wildman–Crippen MR) is 87.9 cm³/mol. The predicted octanol–water partition coefficient (Wildman–Crippen LogP) is 3.52. The molecule has 3 rings (SSSR count). The lowest BCUT2D eigenvalue weighted by Crippen LogP contribution is -2.18.